The Bertz CT molecular complexity index is 1210. The SMILES string of the molecule is CCOC(Cc1cccc2c1ccn2Cc1csc(-c2ccc(C(C)C)cc2)n1)C(=O)O. The molecule has 0 amide bonds. The van der Waals surface area contributed by atoms with Gasteiger partial charge in [-0.2, -0.15) is 0 Å². The molecule has 5 nitrogen and oxygen atoms in total. The first-order chi connectivity index (χ1) is 15.5. The van der Waals surface area contributed by atoms with Crippen molar-refractivity contribution in [3.63, 3.8) is 0 Å². The largest absolute Gasteiger partial charge is 0.479 e. The van der Waals surface area contributed by atoms with Crippen LogP contribution >= 0.6 is 11.3 Å². The van der Waals surface area contributed by atoms with Gasteiger partial charge in [-0.25, -0.2) is 9.78 Å². The van der Waals surface area contributed by atoms with E-state index < -0.39 is 12.1 Å². The maximum atomic E-state index is 11.5. The fraction of sp³-hybridized carbons (Fsp3) is 0.308. The van der Waals surface area contributed by atoms with Crippen molar-refractivity contribution in [1.82, 2.24) is 9.55 Å². The molecule has 0 radical (unpaired) electrons. The van der Waals surface area contributed by atoms with Gasteiger partial charge in [-0.1, -0.05) is 50.2 Å². The maximum absolute atomic E-state index is 11.5. The normalized spacial score (nSPS) is 12.5. The van der Waals surface area contributed by atoms with E-state index in [1.54, 1.807) is 11.3 Å². The summed E-state index contributed by atoms with van der Waals surface area (Å²) in [6.07, 6.45) is 1.55. The van der Waals surface area contributed by atoms with Gasteiger partial charge in [-0.05, 0) is 36.1 Å². The highest BCUT2D eigenvalue weighted by Crippen LogP contribution is 2.27. The molecule has 4 rings (SSSR count). The predicted molar refractivity (Wildman–Crippen MR) is 129 cm³/mol. The fourth-order valence-electron chi connectivity index (χ4n) is 3.92. The van der Waals surface area contributed by atoms with Crippen LogP contribution in [0.2, 0.25) is 0 Å². The predicted octanol–water partition coefficient (Wildman–Crippen LogP) is 5.97. The second kappa shape index (κ2) is 9.67. The highest BCUT2D eigenvalue weighted by Gasteiger charge is 2.20. The minimum Gasteiger partial charge on any atom is -0.479 e. The highest BCUT2D eigenvalue weighted by atomic mass is 32.1. The molecule has 2 aromatic heterocycles. The molecule has 4 aromatic rings. The third-order valence-corrected chi connectivity index (χ3v) is 6.60. The number of carboxylic acid groups (broad SMARTS) is 1. The monoisotopic (exact) mass is 448 g/mol. The lowest BCUT2D eigenvalue weighted by Gasteiger charge is -2.13. The van der Waals surface area contributed by atoms with Gasteiger partial charge in [-0.15, -0.1) is 11.3 Å². The Morgan fingerprint density at radius 3 is 2.62 bits per heavy atom. The zero-order valence-corrected chi connectivity index (χ0v) is 19.4. The molecule has 2 heterocycles. The second-order valence-electron chi connectivity index (χ2n) is 8.20. The topological polar surface area (TPSA) is 64.4 Å². The van der Waals surface area contributed by atoms with Gasteiger partial charge in [0.25, 0.3) is 0 Å². The number of benzene rings is 2. The minimum atomic E-state index is -0.931. The average molecular weight is 449 g/mol. The van der Waals surface area contributed by atoms with Gasteiger partial charge in [0.05, 0.1) is 12.2 Å². The quantitative estimate of drug-likeness (QED) is 0.343. The number of aromatic nitrogens is 2. The third kappa shape index (κ3) is 4.76. The number of carboxylic acids is 1. The van der Waals surface area contributed by atoms with Crippen LogP contribution in [0.5, 0.6) is 0 Å². The van der Waals surface area contributed by atoms with Crippen LogP contribution in [0.4, 0.5) is 0 Å². The number of hydrogen-bond acceptors (Lipinski definition) is 4. The van der Waals surface area contributed by atoms with E-state index in [-0.39, 0.29) is 0 Å². The molecule has 6 heteroatoms. The van der Waals surface area contributed by atoms with Crippen LogP contribution in [-0.2, 0) is 22.5 Å². The summed E-state index contributed by atoms with van der Waals surface area (Å²) in [5.41, 5.74) is 5.53. The van der Waals surface area contributed by atoms with Crippen molar-refractivity contribution in [2.45, 2.75) is 45.8 Å². The molecular formula is C26H28N2O3S. The number of nitrogens with zero attached hydrogens (tertiary/aromatic N) is 2. The van der Waals surface area contributed by atoms with Gasteiger partial charge < -0.3 is 14.4 Å². The molecule has 0 spiro atoms. The number of thiazole rings is 1. The van der Waals surface area contributed by atoms with E-state index in [4.69, 9.17) is 9.72 Å². The number of carbonyl (C=O) groups is 1. The van der Waals surface area contributed by atoms with Crippen molar-refractivity contribution in [3.05, 3.63) is 76.9 Å². The Morgan fingerprint density at radius 1 is 1.16 bits per heavy atom. The Morgan fingerprint density at radius 2 is 1.94 bits per heavy atom. The van der Waals surface area contributed by atoms with Crippen molar-refractivity contribution in [2.24, 2.45) is 0 Å². The molecule has 0 aliphatic heterocycles. The van der Waals surface area contributed by atoms with E-state index in [1.165, 1.54) is 5.56 Å². The van der Waals surface area contributed by atoms with Crippen LogP contribution in [0.25, 0.3) is 21.5 Å². The first kappa shape index (κ1) is 22.2. The third-order valence-electron chi connectivity index (χ3n) is 5.66. The van der Waals surface area contributed by atoms with Gasteiger partial charge in [0.15, 0.2) is 6.10 Å². The molecule has 1 unspecified atom stereocenters. The van der Waals surface area contributed by atoms with Gasteiger partial charge in [0.1, 0.15) is 5.01 Å². The highest BCUT2D eigenvalue weighted by molar-refractivity contribution is 7.13. The summed E-state index contributed by atoms with van der Waals surface area (Å²) in [5.74, 6) is -0.415. The van der Waals surface area contributed by atoms with E-state index in [0.717, 1.165) is 32.7 Å². The van der Waals surface area contributed by atoms with E-state index in [1.807, 2.05) is 31.3 Å². The molecule has 0 bridgehead atoms. The van der Waals surface area contributed by atoms with Gasteiger partial charge in [0.2, 0.25) is 0 Å². The van der Waals surface area contributed by atoms with Crippen LogP contribution in [0, 0.1) is 0 Å². The molecule has 166 valence electrons. The van der Waals surface area contributed by atoms with Crippen molar-refractivity contribution in [2.75, 3.05) is 6.61 Å². The van der Waals surface area contributed by atoms with E-state index in [0.29, 0.717) is 25.5 Å². The summed E-state index contributed by atoms with van der Waals surface area (Å²) < 4.78 is 7.57. The van der Waals surface area contributed by atoms with Crippen molar-refractivity contribution in [1.29, 1.82) is 0 Å². The zero-order valence-electron chi connectivity index (χ0n) is 18.6. The first-order valence-corrected chi connectivity index (χ1v) is 11.8. The molecule has 1 N–H and O–H groups in total. The second-order valence-corrected chi connectivity index (χ2v) is 9.06. The Labute approximate surface area is 192 Å². The number of aliphatic carboxylic acids is 1. The number of fused-ring (bicyclic) bond motifs is 1. The molecule has 1 atom stereocenters. The van der Waals surface area contributed by atoms with Gasteiger partial charge in [-0.3, -0.25) is 0 Å². The molecule has 0 aliphatic rings. The summed E-state index contributed by atoms with van der Waals surface area (Å²) in [5, 5.41) is 13.6. The molecular weight excluding hydrogens is 420 g/mol. The summed E-state index contributed by atoms with van der Waals surface area (Å²) in [6.45, 7) is 7.25. The van der Waals surface area contributed by atoms with E-state index >= 15 is 0 Å². The van der Waals surface area contributed by atoms with Crippen LogP contribution in [0.15, 0.2) is 60.1 Å². The Kier molecular flexibility index (Phi) is 6.72. The smallest absolute Gasteiger partial charge is 0.333 e. The lowest BCUT2D eigenvalue weighted by molar-refractivity contribution is -0.149. The Balaban J connectivity index is 1.55. The van der Waals surface area contributed by atoms with Crippen LogP contribution < -0.4 is 0 Å². The van der Waals surface area contributed by atoms with Crippen LogP contribution in [0.3, 0.4) is 0 Å². The molecule has 32 heavy (non-hydrogen) atoms. The minimum absolute atomic E-state index is 0.345. The van der Waals surface area contributed by atoms with Gasteiger partial charge >= 0.3 is 5.97 Å². The summed E-state index contributed by atoms with van der Waals surface area (Å²) >= 11 is 1.66. The fourth-order valence-corrected chi connectivity index (χ4v) is 4.74. The standard InChI is InChI=1S/C26H28N2O3S/c1-4-31-24(26(29)30)14-20-6-5-7-23-22(20)12-13-28(23)15-21-16-32-25(27-21)19-10-8-18(9-11-19)17(2)3/h5-13,16-17,24H,4,14-15H2,1-3H3,(H,29,30). The summed E-state index contributed by atoms with van der Waals surface area (Å²) in [7, 11) is 0. The lowest BCUT2D eigenvalue weighted by atomic mass is 10.0. The lowest BCUT2D eigenvalue weighted by Crippen LogP contribution is -2.26. The zero-order chi connectivity index (χ0) is 22.7. The first-order valence-electron chi connectivity index (χ1n) is 10.9. The van der Waals surface area contributed by atoms with E-state index in [9.17, 15) is 9.90 Å². The summed E-state index contributed by atoms with van der Waals surface area (Å²) in [4.78, 5) is 16.4. The molecule has 2 aromatic carbocycles. The van der Waals surface area contributed by atoms with Gasteiger partial charge in [0, 0.05) is 41.1 Å². The van der Waals surface area contributed by atoms with Crippen molar-refractivity contribution >= 4 is 28.2 Å². The van der Waals surface area contributed by atoms with Crippen LogP contribution in [-0.4, -0.2) is 33.3 Å². The van der Waals surface area contributed by atoms with Crippen LogP contribution in [0.1, 0.15) is 43.5 Å². The van der Waals surface area contributed by atoms with Crippen molar-refractivity contribution < 1.29 is 14.6 Å². The number of rotatable bonds is 9. The van der Waals surface area contributed by atoms with E-state index in [2.05, 4.69) is 54.1 Å². The number of hydrogen-bond donors (Lipinski definition) is 1. The molecule has 0 saturated heterocycles. The summed E-state index contributed by atoms with van der Waals surface area (Å²) in [6, 6.07) is 16.7. The number of ether oxygens (including phenoxy) is 1. The molecule has 0 fully saturated rings. The molecule has 0 aliphatic carbocycles. The maximum Gasteiger partial charge on any atom is 0.333 e. The Hall–Kier alpha value is -2.96. The van der Waals surface area contributed by atoms with Crippen molar-refractivity contribution in [3.8, 4) is 10.6 Å². The molecule has 0 saturated carbocycles. The average Bonchev–Trinajstić information content (AvgIpc) is 3.42.